The van der Waals surface area contributed by atoms with E-state index < -0.39 is 0 Å². The Bertz CT molecular complexity index is 1160. The van der Waals surface area contributed by atoms with Crippen LogP contribution in [0.25, 0.3) is 11.4 Å². The summed E-state index contributed by atoms with van der Waals surface area (Å²) < 4.78 is 7.60. The fourth-order valence-electron chi connectivity index (χ4n) is 3.47. The first-order valence-electron chi connectivity index (χ1n) is 10.6. The van der Waals surface area contributed by atoms with Crippen LogP contribution in [0.5, 0.6) is 0 Å². The topological polar surface area (TPSA) is 73.0 Å². The molecule has 7 heteroatoms. The van der Waals surface area contributed by atoms with Gasteiger partial charge in [0.05, 0.1) is 18.8 Å². The van der Waals surface area contributed by atoms with Crippen LogP contribution >= 0.6 is 11.8 Å². The molecule has 0 aliphatic carbocycles. The fourth-order valence-corrected chi connectivity index (χ4v) is 4.34. The lowest BCUT2D eigenvalue weighted by molar-refractivity contribution is -0.121. The van der Waals surface area contributed by atoms with Crippen LogP contribution in [-0.2, 0) is 11.3 Å². The molecule has 1 atom stereocenters. The number of aromatic nitrogens is 3. The molecule has 0 bridgehead atoms. The lowest BCUT2D eigenvalue weighted by Gasteiger charge is -2.14. The second kappa shape index (κ2) is 10.3. The SMILES string of the molecule is Cc1cccc(-c2nnc(SCCC(=O)N[C@H](C)c3ccccc3)n2Cc2ccco2)c1. The number of aryl methyl sites for hydroxylation is 1. The van der Waals surface area contributed by atoms with E-state index in [4.69, 9.17) is 4.42 Å². The third-order valence-electron chi connectivity index (χ3n) is 5.12. The summed E-state index contributed by atoms with van der Waals surface area (Å²) in [6, 6.07) is 21.9. The van der Waals surface area contributed by atoms with E-state index in [-0.39, 0.29) is 11.9 Å². The van der Waals surface area contributed by atoms with Crippen LogP contribution in [-0.4, -0.2) is 26.4 Å². The van der Waals surface area contributed by atoms with E-state index in [0.717, 1.165) is 33.4 Å². The summed E-state index contributed by atoms with van der Waals surface area (Å²) in [6.45, 7) is 4.58. The van der Waals surface area contributed by atoms with E-state index in [1.54, 1.807) is 6.26 Å². The van der Waals surface area contributed by atoms with Crippen LogP contribution in [0.15, 0.2) is 82.6 Å². The standard InChI is InChI=1S/C25H26N4O2S/c1-18-8-6-11-21(16-18)24-27-28-25(29(24)17-22-12-7-14-31-22)32-15-13-23(30)26-19(2)20-9-4-3-5-10-20/h3-12,14,16,19H,13,15,17H2,1-2H3,(H,26,30)/t19-/m1/s1. The molecule has 6 nitrogen and oxygen atoms in total. The number of nitrogens with zero attached hydrogens (tertiary/aromatic N) is 3. The van der Waals surface area contributed by atoms with Gasteiger partial charge in [-0.1, -0.05) is 65.9 Å². The molecule has 4 rings (SSSR count). The molecule has 0 unspecified atom stereocenters. The van der Waals surface area contributed by atoms with Crippen molar-refractivity contribution in [2.24, 2.45) is 0 Å². The van der Waals surface area contributed by atoms with Crippen LogP contribution < -0.4 is 5.32 Å². The van der Waals surface area contributed by atoms with Crippen molar-refractivity contribution in [1.82, 2.24) is 20.1 Å². The first-order valence-corrected chi connectivity index (χ1v) is 11.6. The summed E-state index contributed by atoms with van der Waals surface area (Å²) in [5.74, 6) is 2.24. The molecule has 2 aromatic heterocycles. The Morgan fingerprint density at radius 2 is 1.94 bits per heavy atom. The van der Waals surface area contributed by atoms with Crippen molar-refractivity contribution < 1.29 is 9.21 Å². The van der Waals surface area contributed by atoms with Gasteiger partial charge in [-0.2, -0.15) is 0 Å². The largest absolute Gasteiger partial charge is 0.467 e. The Morgan fingerprint density at radius 1 is 1.09 bits per heavy atom. The van der Waals surface area contributed by atoms with Crippen LogP contribution in [0.1, 0.15) is 36.3 Å². The quantitative estimate of drug-likeness (QED) is 0.355. The number of hydrogen-bond acceptors (Lipinski definition) is 5. The van der Waals surface area contributed by atoms with Crippen molar-refractivity contribution >= 4 is 17.7 Å². The number of carbonyl (C=O) groups is 1. The number of carbonyl (C=O) groups excluding carboxylic acids is 1. The molecular formula is C25H26N4O2S. The third-order valence-corrected chi connectivity index (χ3v) is 6.09. The van der Waals surface area contributed by atoms with Gasteiger partial charge < -0.3 is 9.73 Å². The predicted molar refractivity (Wildman–Crippen MR) is 126 cm³/mol. The summed E-state index contributed by atoms with van der Waals surface area (Å²) in [7, 11) is 0. The summed E-state index contributed by atoms with van der Waals surface area (Å²) in [6.07, 6.45) is 2.06. The number of hydrogen-bond donors (Lipinski definition) is 1. The molecule has 0 saturated carbocycles. The highest BCUT2D eigenvalue weighted by atomic mass is 32.2. The Hall–Kier alpha value is -3.32. The summed E-state index contributed by atoms with van der Waals surface area (Å²) in [5.41, 5.74) is 3.26. The molecule has 0 radical (unpaired) electrons. The molecule has 1 amide bonds. The fraction of sp³-hybridized carbons (Fsp3) is 0.240. The van der Waals surface area contributed by atoms with Gasteiger partial charge in [0, 0.05) is 17.7 Å². The highest BCUT2D eigenvalue weighted by Crippen LogP contribution is 2.26. The normalized spacial score (nSPS) is 11.9. The van der Waals surface area contributed by atoms with Crippen LogP contribution in [0.4, 0.5) is 0 Å². The van der Waals surface area contributed by atoms with E-state index in [0.29, 0.717) is 18.7 Å². The number of furan rings is 1. The van der Waals surface area contributed by atoms with Crippen molar-refractivity contribution in [2.75, 3.05) is 5.75 Å². The lowest BCUT2D eigenvalue weighted by Crippen LogP contribution is -2.26. The van der Waals surface area contributed by atoms with Gasteiger partial charge in [0.25, 0.3) is 0 Å². The van der Waals surface area contributed by atoms with Crippen LogP contribution in [0, 0.1) is 6.92 Å². The van der Waals surface area contributed by atoms with Crippen LogP contribution in [0.3, 0.4) is 0 Å². The second-order valence-corrected chi connectivity index (χ2v) is 8.70. The lowest BCUT2D eigenvalue weighted by atomic mass is 10.1. The van der Waals surface area contributed by atoms with Gasteiger partial charge in [-0.3, -0.25) is 9.36 Å². The van der Waals surface area contributed by atoms with E-state index >= 15 is 0 Å². The molecule has 0 aliphatic rings. The highest BCUT2D eigenvalue weighted by molar-refractivity contribution is 7.99. The molecule has 2 aromatic carbocycles. The van der Waals surface area contributed by atoms with Gasteiger partial charge in [0.1, 0.15) is 5.76 Å². The molecule has 0 saturated heterocycles. The Kier molecular flexibility index (Phi) is 7.07. The van der Waals surface area contributed by atoms with Crippen molar-refractivity contribution in [3.05, 3.63) is 89.9 Å². The zero-order chi connectivity index (χ0) is 22.3. The first kappa shape index (κ1) is 21.9. The van der Waals surface area contributed by atoms with Crippen LogP contribution in [0.2, 0.25) is 0 Å². The van der Waals surface area contributed by atoms with E-state index in [1.807, 2.05) is 66.1 Å². The Labute approximate surface area is 192 Å². The van der Waals surface area contributed by atoms with E-state index in [1.165, 1.54) is 11.8 Å². The average molecular weight is 447 g/mol. The van der Waals surface area contributed by atoms with Gasteiger partial charge in [-0.25, -0.2) is 0 Å². The molecule has 164 valence electrons. The van der Waals surface area contributed by atoms with Gasteiger partial charge in [-0.15, -0.1) is 10.2 Å². The molecule has 32 heavy (non-hydrogen) atoms. The maximum atomic E-state index is 12.4. The Morgan fingerprint density at radius 3 is 2.69 bits per heavy atom. The second-order valence-electron chi connectivity index (χ2n) is 7.64. The maximum absolute atomic E-state index is 12.4. The number of benzene rings is 2. The highest BCUT2D eigenvalue weighted by Gasteiger charge is 2.17. The minimum atomic E-state index is -0.0239. The zero-order valence-electron chi connectivity index (χ0n) is 18.2. The van der Waals surface area contributed by atoms with Gasteiger partial charge >= 0.3 is 0 Å². The predicted octanol–water partition coefficient (Wildman–Crippen LogP) is 5.25. The van der Waals surface area contributed by atoms with Crippen molar-refractivity contribution in [1.29, 1.82) is 0 Å². The number of nitrogens with one attached hydrogen (secondary N) is 1. The molecule has 2 heterocycles. The number of thioether (sulfide) groups is 1. The molecule has 0 aliphatic heterocycles. The average Bonchev–Trinajstić information content (AvgIpc) is 3.45. The molecular weight excluding hydrogens is 420 g/mol. The third kappa shape index (κ3) is 5.48. The molecule has 1 N–H and O–H groups in total. The summed E-state index contributed by atoms with van der Waals surface area (Å²) in [4.78, 5) is 12.4. The van der Waals surface area contributed by atoms with Crippen molar-refractivity contribution in [2.45, 2.75) is 38.0 Å². The van der Waals surface area contributed by atoms with E-state index in [2.05, 4.69) is 34.6 Å². The minimum absolute atomic E-state index is 0.0184. The van der Waals surface area contributed by atoms with E-state index in [9.17, 15) is 4.79 Å². The van der Waals surface area contributed by atoms with Gasteiger partial charge in [0.2, 0.25) is 5.91 Å². The van der Waals surface area contributed by atoms with Crippen molar-refractivity contribution in [3.63, 3.8) is 0 Å². The summed E-state index contributed by atoms with van der Waals surface area (Å²) in [5, 5.41) is 12.7. The zero-order valence-corrected chi connectivity index (χ0v) is 19.0. The Balaban J connectivity index is 1.43. The smallest absolute Gasteiger partial charge is 0.221 e. The monoisotopic (exact) mass is 446 g/mol. The molecule has 0 spiro atoms. The minimum Gasteiger partial charge on any atom is -0.467 e. The van der Waals surface area contributed by atoms with Gasteiger partial charge in [-0.05, 0) is 37.6 Å². The summed E-state index contributed by atoms with van der Waals surface area (Å²) >= 11 is 1.53. The first-order chi connectivity index (χ1) is 15.6. The maximum Gasteiger partial charge on any atom is 0.221 e. The van der Waals surface area contributed by atoms with Crippen molar-refractivity contribution in [3.8, 4) is 11.4 Å². The number of amides is 1. The molecule has 4 aromatic rings. The molecule has 0 fully saturated rings. The number of rotatable bonds is 9. The van der Waals surface area contributed by atoms with Gasteiger partial charge in [0.15, 0.2) is 11.0 Å².